The van der Waals surface area contributed by atoms with Crippen LogP contribution in [0.2, 0.25) is 0 Å². The van der Waals surface area contributed by atoms with Crippen LogP contribution in [0.5, 0.6) is 0 Å². The molecular formula is C40H55N7O10. The van der Waals surface area contributed by atoms with E-state index >= 15 is 0 Å². The van der Waals surface area contributed by atoms with Gasteiger partial charge in [0.2, 0.25) is 41.4 Å². The van der Waals surface area contributed by atoms with Crippen molar-refractivity contribution >= 4 is 58.7 Å². The number of hydrogen-bond acceptors (Lipinski definition) is 9. The van der Waals surface area contributed by atoms with Crippen molar-refractivity contribution in [1.82, 2.24) is 36.8 Å². The average molecular weight is 794 g/mol. The molecule has 57 heavy (non-hydrogen) atoms. The molecule has 0 aromatic heterocycles. The summed E-state index contributed by atoms with van der Waals surface area (Å²) >= 11 is 0. The van der Waals surface area contributed by atoms with Crippen LogP contribution in [-0.2, 0) is 49.6 Å². The third-order valence-corrected chi connectivity index (χ3v) is 10.4. The first-order valence-corrected chi connectivity index (χ1v) is 19.7. The lowest BCUT2D eigenvalue weighted by Crippen LogP contribution is -2.57. The van der Waals surface area contributed by atoms with Crippen molar-refractivity contribution in [3.63, 3.8) is 0 Å². The van der Waals surface area contributed by atoms with Crippen molar-refractivity contribution in [3.05, 3.63) is 41.5 Å². The Hall–Kier alpha value is -5.61. The zero-order chi connectivity index (χ0) is 41.5. The molecule has 3 aliphatic rings. The number of rotatable bonds is 21. The standard InChI is InChI=1S/C40H55N7O10/c1-24(39(55)47-21-7-11-33(47)40(56)57)44-38(54)32(23-27-13-12-26-8-3-4-9-30(26)27)46-37(53)31(45-36(52)28-14-15-29(49)22-28)10-5-6-18-42-34(50)17-20-43-35(51)16-19-41-25(2)48/h3-4,8-9,13,24,28,31-33H,5-7,10-12,14-23H2,1-2H3,(H,41,48)(H,42,50)(H,43,51)(H,44,54)(H,45,52)(H,46,53)(H,56,57)/t24?,28?,31-,32?,33?/m0/s1. The minimum atomic E-state index is -1.17. The molecule has 17 nitrogen and oxygen atoms in total. The van der Waals surface area contributed by atoms with Crippen LogP contribution >= 0.6 is 0 Å². The molecule has 1 aliphatic heterocycles. The highest BCUT2D eigenvalue weighted by molar-refractivity contribution is 5.97. The fourth-order valence-electron chi connectivity index (χ4n) is 7.30. The van der Waals surface area contributed by atoms with E-state index in [1.807, 2.05) is 30.3 Å². The van der Waals surface area contributed by atoms with Gasteiger partial charge in [-0.15, -0.1) is 0 Å². The van der Waals surface area contributed by atoms with Gasteiger partial charge in [-0.1, -0.05) is 30.3 Å². The number of carboxylic acids is 1. The number of benzene rings is 1. The normalized spacial score (nSPS) is 18.7. The van der Waals surface area contributed by atoms with E-state index in [9.17, 15) is 48.3 Å². The van der Waals surface area contributed by atoms with Crippen molar-refractivity contribution in [2.75, 3.05) is 26.2 Å². The summed E-state index contributed by atoms with van der Waals surface area (Å²) in [6, 6.07) is 3.36. The molecule has 0 bridgehead atoms. The maximum Gasteiger partial charge on any atom is 0.326 e. The van der Waals surface area contributed by atoms with Gasteiger partial charge in [-0.2, -0.15) is 0 Å². The fraction of sp³-hybridized carbons (Fsp3) is 0.575. The molecule has 17 heteroatoms. The molecule has 2 fully saturated rings. The summed E-state index contributed by atoms with van der Waals surface area (Å²) in [5, 5.41) is 25.8. The Morgan fingerprint density at radius 2 is 1.53 bits per heavy atom. The lowest BCUT2D eigenvalue weighted by molar-refractivity contribution is -0.149. The van der Waals surface area contributed by atoms with Gasteiger partial charge >= 0.3 is 5.97 Å². The third kappa shape index (κ3) is 13.5. The molecule has 7 amide bonds. The topological polar surface area (TPSA) is 249 Å². The number of carboxylic acid groups (broad SMARTS) is 1. The van der Waals surface area contributed by atoms with Crippen LogP contribution in [0.25, 0.3) is 5.57 Å². The van der Waals surface area contributed by atoms with Gasteiger partial charge in [0, 0.05) is 71.1 Å². The number of nitrogens with one attached hydrogen (secondary N) is 6. The van der Waals surface area contributed by atoms with E-state index in [1.165, 1.54) is 18.7 Å². The van der Waals surface area contributed by atoms with Gasteiger partial charge in [0.05, 0.1) is 0 Å². The summed E-state index contributed by atoms with van der Waals surface area (Å²) in [7, 11) is 0. The highest BCUT2D eigenvalue weighted by atomic mass is 16.4. The first-order valence-electron chi connectivity index (χ1n) is 19.7. The summed E-state index contributed by atoms with van der Waals surface area (Å²) in [6.07, 6.45) is 5.35. The van der Waals surface area contributed by atoms with E-state index in [0.29, 0.717) is 38.5 Å². The van der Waals surface area contributed by atoms with E-state index in [-0.39, 0.29) is 88.2 Å². The predicted octanol–water partition coefficient (Wildman–Crippen LogP) is 0.254. The molecule has 0 radical (unpaired) electrons. The molecule has 7 N–H and O–H groups in total. The van der Waals surface area contributed by atoms with Gasteiger partial charge < -0.3 is 41.9 Å². The van der Waals surface area contributed by atoms with Crippen LogP contribution in [0.1, 0.15) is 95.6 Å². The summed E-state index contributed by atoms with van der Waals surface area (Å²) in [5.74, 6) is -4.85. The Morgan fingerprint density at radius 3 is 2.21 bits per heavy atom. The number of nitrogens with zero attached hydrogens (tertiary/aromatic N) is 1. The van der Waals surface area contributed by atoms with Crippen LogP contribution in [-0.4, -0.2) is 113 Å². The Bertz CT molecular complexity index is 1730. The summed E-state index contributed by atoms with van der Waals surface area (Å²) in [4.78, 5) is 115. The highest BCUT2D eigenvalue weighted by Crippen LogP contribution is 2.31. The number of hydrogen-bond donors (Lipinski definition) is 7. The van der Waals surface area contributed by atoms with Gasteiger partial charge in [-0.05, 0) is 68.6 Å². The molecule has 2 aliphatic carbocycles. The first-order chi connectivity index (χ1) is 27.2. The molecule has 4 rings (SSSR count). The van der Waals surface area contributed by atoms with Crippen molar-refractivity contribution in [1.29, 1.82) is 0 Å². The van der Waals surface area contributed by atoms with Crippen LogP contribution in [0.3, 0.4) is 0 Å². The summed E-state index contributed by atoms with van der Waals surface area (Å²) < 4.78 is 0. The lowest BCUT2D eigenvalue weighted by atomic mass is 9.98. The number of allylic oxidation sites excluding steroid dienone is 1. The number of unbranched alkanes of at least 4 members (excludes halogenated alkanes) is 1. The van der Waals surface area contributed by atoms with Gasteiger partial charge in [0.1, 0.15) is 30.0 Å². The Labute approximate surface area is 331 Å². The van der Waals surface area contributed by atoms with Crippen molar-refractivity contribution < 1.29 is 48.3 Å². The molecule has 1 aromatic carbocycles. The highest BCUT2D eigenvalue weighted by Gasteiger charge is 2.38. The lowest BCUT2D eigenvalue weighted by Gasteiger charge is -2.28. The van der Waals surface area contributed by atoms with E-state index in [2.05, 4.69) is 31.9 Å². The zero-order valence-electron chi connectivity index (χ0n) is 32.7. The molecule has 1 saturated carbocycles. The average Bonchev–Trinajstić information content (AvgIpc) is 3.94. The maximum absolute atomic E-state index is 14.0. The minimum Gasteiger partial charge on any atom is -0.480 e. The maximum atomic E-state index is 14.0. The van der Waals surface area contributed by atoms with Crippen LogP contribution < -0.4 is 31.9 Å². The molecule has 1 aromatic rings. The second-order valence-corrected chi connectivity index (χ2v) is 14.8. The second-order valence-electron chi connectivity index (χ2n) is 14.8. The minimum absolute atomic E-state index is 0.0365. The third-order valence-electron chi connectivity index (χ3n) is 10.4. The van der Waals surface area contributed by atoms with Crippen LogP contribution in [0.4, 0.5) is 0 Å². The summed E-state index contributed by atoms with van der Waals surface area (Å²) in [6.45, 7) is 3.65. The molecule has 5 atom stereocenters. The first kappa shape index (κ1) is 44.1. The number of amides is 7. The number of carbonyl (C=O) groups is 9. The van der Waals surface area contributed by atoms with Crippen molar-refractivity contribution in [3.8, 4) is 0 Å². The number of likely N-dealkylation sites (tertiary alicyclic amines) is 1. The smallest absolute Gasteiger partial charge is 0.326 e. The fourth-order valence-corrected chi connectivity index (χ4v) is 7.30. The van der Waals surface area contributed by atoms with E-state index in [1.54, 1.807) is 0 Å². The number of aliphatic carboxylic acids is 1. The van der Waals surface area contributed by atoms with E-state index in [4.69, 9.17) is 0 Å². The SMILES string of the molecule is CC(=O)NCCC(=O)NCCC(=O)NCCCC[C@H](NC(=O)C1CCC(=O)C1)C(=O)NC(CC1=CCc2ccccc21)C(=O)NC(C)C(=O)N1CCCC1C(=O)O. The quantitative estimate of drug-likeness (QED) is 0.0837. The van der Waals surface area contributed by atoms with Crippen molar-refractivity contribution in [2.24, 2.45) is 5.92 Å². The molecule has 4 unspecified atom stereocenters. The molecule has 0 spiro atoms. The molecule has 1 saturated heterocycles. The van der Waals surface area contributed by atoms with E-state index in [0.717, 1.165) is 16.7 Å². The Kier molecular flexibility index (Phi) is 16.7. The number of fused-ring (bicyclic) bond motifs is 1. The largest absolute Gasteiger partial charge is 0.480 e. The van der Waals surface area contributed by atoms with Gasteiger partial charge in [0.25, 0.3) is 0 Å². The molecule has 1 heterocycles. The zero-order valence-corrected chi connectivity index (χ0v) is 32.7. The van der Waals surface area contributed by atoms with Crippen LogP contribution in [0.15, 0.2) is 30.3 Å². The predicted molar refractivity (Wildman–Crippen MR) is 207 cm³/mol. The number of ketones is 1. The van der Waals surface area contributed by atoms with Crippen molar-refractivity contribution in [2.45, 2.75) is 115 Å². The van der Waals surface area contributed by atoms with Gasteiger partial charge in [-0.3, -0.25) is 38.4 Å². The molecule has 310 valence electrons. The molecular weight excluding hydrogens is 738 g/mol. The monoisotopic (exact) mass is 793 g/mol. The van der Waals surface area contributed by atoms with Gasteiger partial charge in [0.15, 0.2) is 0 Å². The Morgan fingerprint density at radius 1 is 0.842 bits per heavy atom. The van der Waals surface area contributed by atoms with Gasteiger partial charge in [-0.25, -0.2) is 4.79 Å². The second kappa shape index (κ2) is 21.6. The Balaban J connectivity index is 1.39. The van der Waals surface area contributed by atoms with E-state index < -0.39 is 59.7 Å². The summed E-state index contributed by atoms with van der Waals surface area (Å²) in [5.41, 5.74) is 2.81. The number of Topliss-reactive ketones (excluding diaryl/α,β-unsaturated/α-hetero) is 1. The van der Waals surface area contributed by atoms with Crippen LogP contribution in [0, 0.1) is 5.92 Å². The number of carbonyl (C=O) groups excluding carboxylic acids is 8.